The summed E-state index contributed by atoms with van der Waals surface area (Å²) in [5.74, 6) is -4.62. The highest BCUT2D eigenvalue weighted by Gasteiger charge is 2.53. The van der Waals surface area contributed by atoms with Gasteiger partial charge in [-0.1, -0.05) is 0 Å². The van der Waals surface area contributed by atoms with Crippen LogP contribution in [0, 0.1) is 11.8 Å². The molecule has 25 heavy (non-hydrogen) atoms. The molecule has 0 spiro atoms. The molecule has 2 rings (SSSR count). The third-order valence-corrected chi connectivity index (χ3v) is 5.03. The predicted molar refractivity (Wildman–Crippen MR) is 82.1 cm³/mol. The van der Waals surface area contributed by atoms with Crippen molar-refractivity contribution in [2.75, 3.05) is 26.2 Å². The molecular formula is C15H22N2O8. The number of hydrogen-bond donors (Lipinski definition) is 4. The van der Waals surface area contributed by atoms with E-state index in [1.54, 1.807) is 0 Å². The summed E-state index contributed by atoms with van der Waals surface area (Å²) in [6.07, 6.45) is 2.33. The fourth-order valence-electron chi connectivity index (χ4n) is 4.49. The largest absolute Gasteiger partial charge is 0.480 e. The predicted octanol–water partition coefficient (Wildman–Crippen LogP) is -0.904. The minimum Gasteiger partial charge on any atom is -0.480 e. The zero-order valence-corrected chi connectivity index (χ0v) is 13.6. The first-order chi connectivity index (χ1) is 11.7. The third-order valence-electron chi connectivity index (χ3n) is 5.03. The van der Waals surface area contributed by atoms with E-state index in [-0.39, 0.29) is 11.8 Å². The van der Waals surface area contributed by atoms with E-state index in [1.165, 1.54) is 9.80 Å². The van der Waals surface area contributed by atoms with Crippen LogP contribution in [0.1, 0.15) is 19.3 Å². The van der Waals surface area contributed by atoms with E-state index < -0.39 is 62.1 Å². The monoisotopic (exact) mass is 358 g/mol. The molecule has 2 bridgehead atoms. The second-order valence-corrected chi connectivity index (χ2v) is 6.70. The third kappa shape index (κ3) is 4.67. The highest BCUT2D eigenvalue weighted by molar-refractivity contribution is 5.73. The van der Waals surface area contributed by atoms with E-state index in [4.69, 9.17) is 20.4 Å². The molecule has 0 saturated heterocycles. The molecule has 0 amide bonds. The van der Waals surface area contributed by atoms with Gasteiger partial charge in [-0.25, -0.2) is 0 Å². The molecule has 4 N–H and O–H groups in total. The van der Waals surface area contributed by atoms with Gasteiger partial charge in [-0.2, -0.15) is 0 Å². The normalized spacial score (nSPS) is 27.8. The molecule has 2 saturated carbocycles. The SMILES string of the molecule is O=C(O)CN(CC(=O)O)C1C2CCC(C2)C1N(CC(=O)O)CC(=O)O. The molecule has 0 aromatic heterocycles. The Hall–Kier alpha value is -2.20. The van der Waals surface area contributed by atoms with Crippen molar-refractivity contribution in [3.63, 3.8) is 0 Å². The quantitative estimate of drug-likeness (QED) is 0.386. The summed E-state index contributed by atoms with van der Waals surface area (Å²) in [5, 5.41) is 36.4. The van der Waals surface area contributed by atoms with E-state index in [0.717, 1.165) is 19.3 Å². The van der Waals surface area contributed by atoms with Crippen LogP contribution in [0.15, 0.2) is 0 Å². The van der Waals surface area contributed by atoms with Gasteiger partial charge in [-0.05, 0) is 31.1 Å². The van der Waals surface area contributed by atoms with E-state index in [0.29, 0.717) is 0 Å². The van der Waals surface area contributed by atoms with E-state index in [9.17, 15) is 19.2 Å². The molecular weight excluding hydrogens is 336 g/mol. The van der Waals surface area contributed by atoms with Gasteiger partial charge < -0.3 is 20.4 Å². The maximum Gasteiger partial charge on any atom is 0.317 e. The van der Waals surface area contributed by atoms with Gasteiger partial charge in [0.1, 0.15) is 0 Å². The minimum absolute atomic E-state index is 0.0405. The lowest BCUT2D eigenvalue weighted by Crippen LogP contribution is -2.58. The highest BCUT2D eigenvalue weighted by Crippen LogP contribution is 2.48. The number of carbonyl (C=O) groups is 4. The first-order valence-corrected chi connectivity index (χ1v) is 8.04. The Kier molecular flexibility index (Phi) is 5.96. The van der Waals surface area contributed by atoms with Gasteiger partial charge >= 0.3 is 23.9 Å². The maximum absolute atomic E-state index is 11.1. The van der Waals surface area contributed by atoms with Crippen LogP contribution in [-0.4, -0.2) is 92.4 Å². The van der Waals surface area contributed by atoms with Crippen LogP contribution in [0.4, 0.5) is 0 Å². The van der Waals surface area contributed by atoms with Crippen molar-refractivity contribution < 1.29 is 39.6 Å². The molecule has 2 fully saturated rings. The van der Waals surface area contributed by atoms with Crippen molar-refractivity contribution in [2.24, 2.45) is 11.8 Å². The number of nitrogens with zero attached hydrogens (tertiary/aromatic N) is 2. The Balaban J connectivity index is 2.30. The van der Waals surface area contributed by atoms with Crippen molar-refractivity contribution in [3.05, 3.63) is 0 Å². The Morgan fingerprint density at radius 1 is 0.640 bits per heavy atom. The topological polar surface area (TPSA) is 156 Å². The van der Waals surface area contributed by atoms with E-state index in [2.05, 4.69) is 0 Å². The maximum atomic E-state index is 11.1. The van der Waals surface area contributed by atoms with E-state index in [1.807, 2.05) is 0 Å². The van der Waals surface area contributed by atoms with Gasteiger partial charge in [-0.3, -0.25) is 29.0 Å². The standard InChI is InChI=1S/C15H22N2O8/c18-10(19)4-16(5-11(20)21)14-8-1-2-9(3-8)15(14)17(6-12(22)23)7-13(24)25/h8-9,14-15H,1-7H2,(H,18,19)(H,20,21)(H,22,23)(H,24,25). The van der Waals surface area contributed by atoms with Gasteiger partial charge in [0, 0.05) is 12.1 Å². The van der Waals surface area contributed by atoms with Crippen LogP contribution >= 0.6 is 0 Å². The summed E-state index contributed by atoms with van der Waals surface area (Å²) < 4.78 is 0. The molecule has 4 atom stereocenters. The van der Waals surface area contributed by atoms with Crippen LogP contribution in [0.2, 0.25) is 0 Å². The van der Waals surface area contributed by atoms with Gasteiger partial charge in [-0.15, -0.1) is 0 Å². The van der Waals surface area contributed by atoms with Gasteiger partial charge in [0.15, 0.2) is 0 Å². The lowest BCUT2D eigenvalue weighted by molar-refractivity contribution is -0.149. The van der Waals surface area contributed by atoms with Crippen molar-refractivity contribution >= 4 is 23.9 Å². The second-order valence-electron chi connectivity index (χ2n) is 6.70. The molecule has 0 heterocycles. The van der Waals surface area contributed by atoms with Crippen molar-refractivity contribution in [2.45, 2.75) is 31.3 Å². The Bertz CT molecular complexity index is 486. The first kappa shape index (κ1) is 19.1. The number of aliphatic carboxylic acids is 4. The summed E-state index contributed by atoms with van der Waals surface area (Å²) in [6.45, 7) is -1.93. The van der Waals surface area contributed by atoms with Crippen molar-refractivity contribution in [1.82, 2.24) is 9.80 Å². The van der Waals surface area contributed by atoms with Crippen LogP contribution in [0.3, 0.4) is 0 Å². The molecule has 0 aromatic carbocycles. The molecule has 2 aliphatic carbocycles. The fraction of sp³-hybridized carbons (Fsp3) is 0.733. The number of fused-ring (bicyclic) bond motifs is 2. The molecule has 10 nitrogen and oxygen atoms in total. The van der Waals surface area contributed by atoms with Crippen molar-refractivity contribution in [3.8, 4) is 0 Å². The molecule has 10 heteroatoms. The van der Waals surface area contributed by atoms with Gasteiger partial charge in [0.25, 0.3) is 0 Å². The molecule has 140 valence electrons. The smallest absolute Gasteiger partial charge is 0.317 e. The van der Waals surface area contributed by atoms with Gasteiger partial charge in [0.2, 0.25) is 0 Å². The summed E-state index contributed by atoms with van der Waals surface area (Å²) in [5.41, 5.74) is 0. The Morgan fingerprint density at radius 3 is 1.16 bits per heavy atom. The fourth-order valence-corrected chi connectivity index (χ4v) is 4.49. The van der Waals surface area contributed by atoms with Gasteiger partial charge in [0.05, 0.1) is 26.2 Å². The summed E-state index contributed by atoms with van der Waals surface area (Å²) in [4.78, 5) is 47.3. The average Bonchev–Trinajstić information content (AvgIpc) is 3.04. The number of carboxylic acids is 4. The zero-order chi connectivity index (χ0) is 18.7. The number of hydrogen-bond acceptors (Lipinski definition) is 6. The lowest BCUT2D eigenvalue weighted by atomic mass is 9.87. The molecule has 0 aliphatic heterocycles. The van der Waals surface area contributed by atoms with Crippen LogP contribution in [-0.2, 0) is 19.2 Å². The van der Waals surface area contributed by atoms with E-state index >= 15 is 0 Å². The average molecular weight is 358 g/mol. The van der Waals surface area contributed by atoms with Crippen LogP contribution in [0.25, 0.3) is 0 Å². The molecule has 0 radical (unpaired) electrons. The first-order valence-electron chi connectivity index (χ1n) is 8.04. The molecule has 4 unspecified atom stereocenters. The van der Waals surface area contributed by atoms with Crippen LogP contribution in [0.5, 0.6) is 0 Å². The molecule has 2 aliphatic rings. The number of carboxylic acid groups (broad SMARTS) is 4. The minimum atomic E-state index is -1.18. The molecule has 0 aromatic rings. The number of rotatable bonds is 10. The Labute approximate surface area is 143 Å². The Morgan fingerprint density at radius 2 is 0.920 bits per heavy atom. The van der Waals surface area contributed by atoms with Crippen molar-refractivity contribution in [1.29, 1.82) is 0 Å². The summed E-state index contributed by atoms with van der Waals surface area (Å²) in [7, 11) is 0. The highest BCUT2D eigenvalue weighted by atomic mass is 16.4. The summed E-state index contributed by atoms with van der Waals surface area (Å²) in [6, 6.07) is -0.964. The second kappa shape index (κ2) is 7.79. The summed E-state index contributed by atoms with van der Waals surface area (Å²) >= 11 is 0. The van der Waals surface area contributed by atoms with Crippen LogP contribution < -0.4 is 0 Å². The lowest BCUT2D eigenvalue weighted by Gasteiger charge is -2.43. The zero-order valence-electron chi connectivity index (χ0n) is 13.6.